The summed E-state index contributed by atoms with van der Waals surface area (Å²) in [7, 11) is 0. The number of rotatable bonds is 3. The third kappa shape index (κ3) is 3.43. The van der Waals surface area contributed by atoms with Gasteiger partial charge in [-0.25, -0.2) is 9.97 Å². The molecular weight excluding hydrogens is 350 g/mol. The minimum absolute atomic E-state index is 0.0920. The summed E-state index contributed by atoms with van der Waals surface area (Å²) in [5.41, 5.74) is 1.45. The summed E-state index contributed by atoms with van der Waals surface area (Å²) < 4.78 is 0. The van der Waals surface area contributed by atoms with Crippen molar-refractivity contribution in [2.45, 2.75) is 62.6 Å². The van der Waals surface area contributed by atoms with Crippen molar-refractivity contribution >= 4 is 39.2 Å². The fraction of sp³-hybridized carbons (Fsp3) is 0.632. The van der Waals surface area contributed by atoms with Crippen molar-refractivity contribution in [1.82, 2.24) is 14.9 Å². The van der Waals surface area contributed by atoms with Crippen LogP contribution in [0.2, 0.25) is 0 Å². The lowest BCUT2D eigenvalue weighted by atomic mass is 9.97. The van der Waals surface area contributed by atoms with Crippen LogP contribution in [-0.2, 0) is 17.6 Å². The van der Waals surface area contributed by atoms with Crippen LogP contribution < -0.4 is 0 Å². The molecule has 4 rings (SSSR count). The SMILES string of the molecule is CC1CCN(C(=O)C(C)Sc2ncnc3sc4c(c23)CCCC4)CC1. The van der Waals surface area contributed by atoms with Crippen LogP contribution in [0.25, 0.3) is 10.2 Å². The number of thiophene rings is 1. The standard InChI is InChI=1S/C19H25N3OS2/c1-12-7-9-22(10-8-12)19(23)13(2)24-17-16-14-5-3-4-6-15(14)25-18(16)21-11-20-17/h11-13H,3-10H2,1-2H3. The van der Waals surface area contributed by atoms with Gasteiger partial charge in [-0.05, 0) is 56.9 Å². The van der Waals surface area contributed by atoms with E-state index in [1.807, 2.05) is 23.2 Å². The second kappa shape index (κ2) is 7.23. The average Bonchev–Trinajstić information content (AvgIpc) is 3.01. The van der Waals surface area contributed by atoms with Crippen LogP contribution in [0.5, 0.6) is 0 Å². The Labute approximate surface area is 157 Å². The van der Waals surface area contributed by atoms with Gasteiger partial charge in [-0.1, -0.05) is 18.7 Å². The maximum Gasteiger partial charge on any atom is 0.235 e. The molecule has 1 fully saturated rings. The Hall–Kier alpha value is -1.14. The summed E-state index contributed by atoms with van der Waals surface area (Å²) in [5.74, 6) is 0.999. The number of fused-ring (bicyclic) bond motifs is 3. The number of hydrogen-bond donors (Lipinski definition) is 0. The van der Waals surface area contributed by atoms with E-state index in [0.29, 0.717) is 0 Å². The van der Waals surface area contributed by atoms with Crippen molar-refractivity contribution < 1.29 is 4.79 Å². The lowest BCUT2D eigenvalue weighted by Crippen LogP contribution is -2.41. The molecular formula is C19H25N3OS2. The molecule has 0 N–H and O–H groups in total. The normalized spacial score (nSPS) is 19.8. The van der Waals surface area contributed by atoms with Crippen molar-refractivity contribution in [2.75, 3.05) is 13.1 Å². The number of carbonyl (C=O) groups excluding carboxylic acids is 1. The Morgan fingerprint density at radius 1 is 1.28 bits per heavy atom. The van der Waals surface area contributed by atoms with Crippen LogP contribution in [0.3, 0.4) is 0 Å². The van der Waals surface area contributed by atoms with E-state index >= 15 is 0 Å². The number of piperidine rings is 1. The van der Waals surface area contributed by atoms with Gasteiger partial charge in [0.05, 0.1) is 5.25 Å². The van der Waals surface area contributed by atoms with E-state index in [4.69, 9.17) is 0 Å². The fourth-order valence-corrected chi connectivity index (χ4v) is 6.18. The van der Waals surface area contributed by atoms with E-state index in [9.17, 15) is 4.79 Å². The first kappa shape index (κ1) is 17.3. The number of nitrogens with zero attached hydrogens (tertiary/aromatic N) is 3. The van der Waals surface area contributed by atoms with Crippen LogP contribution in [0.1, 0.15) is 50.0 Å². The van der Waals surface area contributed by atoms with Gasteiger partial charge in [-0.15, -0.1) is 11.3 Å². The van der Waals surface area contributed by atoms with Gasteiger partial charge in [0, 0.05) is 23.4 Å². The average molecular weight is 376 g/mol. The highest BCUT2D eigenvalue weighted by Gasteiger charge is 2.27. The molecule has 134 valence electrons. The van der Waals surface area contributed by atoms with E-state index in [1.54, 1.807) is 18.1 Å². The number of aromatic nitrogens is 2. The van der Waals surface area contributed by atoms with E-state index in [0.717, 1.165) is 48.1 Å². The smallest absolute Gasteiger partial charge is 0.235 e. The molecule has 0 saturated carbocycles. The van der Waals surface area contributed by atoms with Crippen molar-refractivity contribution in [3.63, 3.8) is 0 Å². The lowest BCUT2D eigenvalue weighted by molar-refractivity contribution is -0.131. The number of thioether (sulfide) groups is 1. The van der Waals surface area contributed by atoms with E-state index in [-0.39, 0.29) is 11.2 Å². The molecule has 1 saturated heterocycles. The molecule has 2 aromatic heterocycles. The third-order valence-corrected chi connectivity index (χ3v) is 7.74. The predicted octanol–water partition coefficient (Wildman–Crippen LogP) is 4.31. The maximum atomic E-state index is 12.8. The van der Waals surface area contributed by atoms with Gasteiger partial charge in [0.2, 0.25) is 5.91 Å². The zero-order valence-corrected chi connectivity index (χ0v) is 16.6. The lowest BCUT2D eigenvalue weighted by Gasteiger charge is -2.32. The summed E-state index contributed by atoms with van der Waals surface area (Å²) in [5, 5.41) is 2.13. The molecule has 25 heavy (non-hydrogen) atoms. The van der Waals surface area contributed by atoms with Crippen molar-refractivity contribution in [2.24, 2.45) is 5.92 Å². The summed E-state index contributed by atoms with van der Waals surface area (Å²) >= 11 is 3.44. The molecule has 6 heteroatoms. The van der Waals surface area contributed by atoms with Gasteiger partial charge in [0.25, 0.3) is 0 Å². The maximum absolute atomic E-state index is 12.8. The zero-order valence-electron chi connectivity index (χ0n) is 15.0. The Morgan fingerprint density at radius 3 is 2.84 bits per heavy atom. The highest BCUT2D eigenvalue weighted by atomic mass is 32.2. The third-order valence-electron chi connectivity index (χ3n) is 5.45. The van der Waals surface area contributed by atoms with Gasteiger partial charge in [0.15, 0.2) is 0 Å². The Bertz CT molecular complexity index is 780. The number of amides is 1. The second-order valence-electron chi connectivity index (χ2n) is 7.34. The summed E-state index contributed by atoms with van der Waals surface area (Å²) in [6.07, 6.45) is 8.73. The molecule has 3 heterocycles. The first-order valence-electron chi connectivity index (χ1n) is 9.34. The van der Waals surface area contributed by atoms with Crippen LogP contribution in [0.4, 0.5) is 0 Å². The van der Waals surface area contributed by atoms with Gasteiger partial charge < -0.3 is 4.90 Å². The molecule has 0 radical (unpaired) electrons. The number of likely N-dealkylation sites (tertiary alicyclic amines) is 1. The summed E-state index contributed by atoms with van der Waals surface area (Å²) in [6, 6.07) is 0. The largest absolute Gasteiger partial charge is 0.342 e. The predicted molar refractivity (Wildman–Crippen MR) is 104 cm³/mol. The molecule has 0 spiro atoms. The van der Waals surface area contributed by atoms with Crippen molar-refractivity contribution in [3.8, 4) is 0 Å². The van der Waals surface area contributed by atoms with E-state index < -0.39 is 0 Å². The summed E-state index contributed by atoms with van der Waals surface area (Å²) in [6.45, 7) is 6.10. The Balaban J connectivity index is 1.56. The number of carbonyl (C=O) groups is 1. The quantitative estimate of drug-likeness (QED) is 0.592. The molecule has 0 aromatic carbocycles. The monoisotopic (exact) mass is 375 g/mol. The molecule has 0 bridgehead atoms. The van der Waals surface area contributed by atoms with E-state index in [1.165, 1.54) is 35.1 Å². The Morgan fingerprint density at radius 2 is 2.04 bits per heavy atom. The first-order valence-corrected chi connectivity index (χ1v) is 11.0. The van der Waals surface area contributed by atoms with Gasteiger partial charge >= 0.3 is 0 Å². The van der Waals surface area contributed by atoms with Crippen LogP contribution in [0, 0.1) is 5.92 Å². The molecule has 2 aliphatic rings. The van der Waals surface area contributed by atoms with E-state index in [2.05, 4.69) is 16.9 Å². The molecule has 1 aliphatic heterocycles. The number of aryl methyl sites for hydroxylation is 2. The van der Waals surface area contributed by atoms with Gasteiger partial charge in [-0.3, -0.25) is 4.79 Å². The Kier molecular flexibility index (Phi) is 5.00. The van der Waals surface area contributed by atoms with Gasteiger partial charge in [0.1, 0.15) is 16.2 Å². The van der Waals surface area contributed by atoms with Crippen LogP contribution >= 0.6 is 23.1 Å². The van der Waals surface area contributed by atoms with Crippen molar-refractivity contribution in [1.29, 1.82) is 0 Å². The molecule has 1 atom stereocenters. The molecule has 1 unspecified atom stereocenters. The molecule has 4 nitrogen and oxygen atoms in total. The minimum atomic E-state index is -0.0920. The molecule has 1 aliphatic carbocycles. The number of hydrogen-bond acceptors (Lipinski definition) is 5. The first-order chi connectivity index (χ1) is 12.1. The fourth-order valence-electron chi connectivity index (χ4n) is 3.85. The molecule has 2 aromatic rings. The van der Waals surface area contributed by atoms with Crippen LogP contribution in [-0.4, -0.2) is 39.1 Å². The summed E-state index contributed by atoms with van der Waals surface area (Å²) in [4.78, 5) is 26.5. The van der Waals surface area contributed by atoms with Gasteiger partial charge in [-0.2, -0.15) is 0 Å². The minimum Gasteiger partial charge on any atom is -0.342 e. The zero-order chi connectivity index (χ0) is 17.4. The topological polar surface area (TPSA) is 46.1 Å². The van der Waals surface area contributed by atoms with Crippen molar-refractivity contribution in [3.05, 3.63) is 16.8 Å². The molecule has 1 amide bonds. The highest BCUT2D eigenvalue weighted by Crippen LogP contribution is 2.40. The van der Waals surface area contributed by atoms with Crippen LogP contribution in [0.15, 0.2) is 11.4 Å². The highest BCUT2D eigenvalue weighted by molar-refractivity contribution is 8.00. The second-order valence-corrected chi connectivity index (χ2v) is 9.75.